The summed E-state index contributed by atoms with van der Waals surface area (Å²) in [7, 11) is 0. The second kappa shape index (κ2) is 8.02. The summed E-state index contributed by atoms with van der Waals surface area (Å²) in [5, 5.41) is 19.8. The van der Waals surface area contributed by atoms with Crippen LogP contribution in [-0.2, 0) is 4.74 Å². The van der Waals surface area contributed by atoms with Gasteiger partial charge in [-0.1, -0.05) is 36.4 Å². The van der Waals surface area contributed by atoms with Gasteiger partial charge in [0.2, 0.25) is 0 Å². The fourth-order valence-electron chi connectivity index (χ4n) is 2.49. The second-order valence-electron chi connectivity index (χ2n) is 4.98. The Morgan fingerprint density at radius 1 is 1.05 bits per heavy atom. The molecular formula is C18H19N3O. The summed E-state index contributed by atoms with van der Waals surface area (Å²) in [6.07, 6.45) is 0.605. The fourth-order valence-corrected chi connectivity index (χ4v) is 2.49. The van der Waals surface area contributed by atoms with E-state index in [0.717, 1.165) is 16.5 Å². The molecule has 0 fully saturated rings. The zero-order valence-electron chi connectivity index (χ0n) is 12.7. The molecule has 4 heteroatoms. The van der Waals surface area contributed by atoms with E-state index in [1.165, 1.54) is 0 Å². The number of hydrogen-bond acceptors (Lipinski definition) is 4. The highest BCUT2D eigenvalue weighted by Gasteiger charge is 2.16. The molecule has 0 amide bonds. The van der Waals surface area contributed by atoms with Crippen LogP contribution in [0.15, 0.2) is 42.5 Å². The molecule has 0 aromatic heterocycles. The molecule has 2 aromatic rings. The van der Waals surface area contributed by atoms with Crippen LogP contribution in [0.2, 0.25) is 0 Å². The molecule has 0 aliphatic heterocycles. The number of fused-ring (bicyclic) bond motifs is 1. The Kier molecular flexibility index (Phi) is 5.77. The van der Waals surface area contributed by atoms with E-state index in [-0.39, 0.29) is 6.23 Å². The molecule has 0 aliphatic rings. The Labute approximate surface area is 131 Å². The smallest absolute Gasteiger partial charge is 0.127 e. The molecule has 22 heavy (non-hydrogen) atoms. The lowest BCUT2D eigenvalue weighted by molar-refractivity contribution is 0.0678. The quantitative estimate of drug-likeness (QED) is 0.575. The third-order valence-corrected chi connectivity index (χ3v) is 3.55. The highest BCUT2D eigenvalue weighted by molar-refractivity contribution is 5.94. The largest absolute Gasteiger partial charge is 0.358 e. The average molecular weight is 293 g/mol. The molecule has 0 saturated heterocycles. The standard InChI is InChI=1S/C18H19N3O/c1-15(22-14-6-12-20)21(13-5-11-19)18-10-4-8-16-7-2-3-9-17(16)18/h2-4,7-10,15H,5-6,13-14H2,1H3. The van der Waals surface area contributed by atoms with Crippen LogP contribution < -0.4 is 4.90 Å². The van der Waals surface area contributed by atoms with Crippen molar-refractivity contribution in [3.05, 3.63) is 42.5 Å². The van der Waals surface area contributed by atoms with Crippen molar-refractivity contribution >= 4 is 16.5 Å². The Balaban J connectivity index is 2.31. The molecule has 0 spiro atoms. The summed E-state index contributed by atoms with van der Waals surface area (Å²) in [6.45, 7) is 2.94. The van der Waals surface area contributed by atoms with E-state index in [4.69, 9.17) is 15.3 Å². The maximum Gasteiger partial charge on any atom is 0.127 e. The first-order valence-electron chi connectivity index (χ1n) is 7.38. The number of hydrogen-bond donors (Lipinski definition) is 0. The highest BCUT2D eigenvalue weighted by atomic mass is 16.5. The van der Waals surface area contributed by atoms with Crippen molar-refractivity contribution in [1.82, 2.24) is 0 Å². The van der Waals surface area contributed by atoms with Crippen LogP contribution in [0.5, 0.6) is 0 Å². The minimum absolute atomic E-state index is 0.187. The van der Waals surface area contributed by atoms with Crippen molar-refractivity contribution in [3.8, 4) is 12.1 Å². The predicted octanol–water partition coefficient (Wildman–Crippen LogP) is 3.84. The van der Waals surface area contributed by atoms with Gasteiger partial charge in [0.1, 0.15) is 6.23 Å². The Bertz CT molecular complexity index is 694. The van der Waals surface area contributed by atoms with E-state index >= 15 is 0 Å². The normalized spacial score (nSPS) is 11.6. The molecule has 0 N–H and O–H groups in total. The van der Waals surface area contributed by atoms with Crippen LogP contribution >= 0.6 is 0 Å². The number of ether oxygens (including phenoxy) is 1. The van der Waals surface area contributed by atoms with Crippen molar-refractivity contribution < 1.29 is 4.74 Å². The molecule has 0 aliphatic carbocycles. The molecule has 2 rings (SSSR count). The van der Waals surface area contributed by atoms with E-state index in [1.807, 2.05) is 31.2 Å². The van der Waals surface area contributed by atoms with Crippen LogP contribution in [0.4, 0.5) is 5.69 Å². The minimum Gasteiger partial charge on any atom is -0.358 e. The van der Waals surface area contributed by atoms with E-state index in [1.54, 1.807) is 0 Å². The topological polar surface area (TPSA) is 60.0 Å². The Morgan fingerprint density at radius 3 is 2.55 bits per heavy atom. The van der Waals surface area contributed by atoms with Crippen LogP contribution in [0.1, 0.15) is 19.8 Å². The SMILES string of the molecule is CC(OCCC#N)N(CCC#N)c1cccc2ccccc12. The first-order chi connectivity index (χ1) is 10.8. The van der Waals surface area contributed by atoms with Crippen LogP contribution in [-0.4, -0.2) is 19.4 Å². The molecule has 0 bridgehead atoms. The maximum atomic E-state index is 8.91. The van der Waals surface area contributed by atoms with Crippen molar-refractivity contribution in [2.75, 3.05) is 18.1 Å². The molecule has 1 unspecified atom stereocenters. The number of anilines is 1. The van der Waals surface area contributed by atoms with E-state index < -0.39 is 0 Å². The van der Waals surface area contributed by atoms with Crippen molar-refractivity contribution in [2.45, 2.75) is 26.0 Å². The van der Waals surface area contributed by atoms with Gasteiger partial charge in [-0.3, -0.25) is 0 Å². The number of nitriles is 2. The summed E-state index contributed by atoms with van der Waals surface area (Å²) < 4.78 is 5.74. The predicted molar refractivity (Wildman–Crippen MR) is 87.2 cm³/mol. The van der Waals surface area contributed by atoms with Gasteiger partial charge in [-0.25, -0.2) is 0 Å². The summed E-state index contributed by atoms with van der Waals surface area (Å²) >= 11 is 0. The van der Waals surface area contributed by atoms with Gasteiger partial charge in [0, 0.05) is 17.6 Å². The molecule has 1 atom stereocenters. The van der Waals surface area contributed by atoms with Crippen molar-refractivity contribution in [1.29, 1.82) is 10.5 Å². The fraction of sp³-hybridized carbons (Fsp3) is 0.333. The summed E-state index contributed by atoms with van der Waals surface area (Å²) in [4.78, 5) is 2.09. The van der Waals surface area contributed by atoms with Crippen molar-refractivity contribution in [2.24, 2.45) is 0 Å². The molecule has 112 valence electrons. The van der Waals surface area contributed by atoms with Gasteiger partial charge in [0.25, 0.3) is 0 Å². The number of benzene rings is 2. The Hall–Kier alpha value is -2.56. The highest BCUT2D eigenvalue weighted by Crippen LogP contribution is 2.28. The van der Waals surface area contributed by atoms with Crippen molar-refractivity contribution in [3.63, 3.8) is 0 Å². The van der Waals surface area contributed by atoms with Crippen LogP contribution in [0.25, 0.3) is 10.8 Å². The van der Waals surface area contributed by atoms with Gasteiger partial charge in [0.05, 0.1) is 31.6 Å². The molecular weight excluding hydrogens is 274 g/mol. The van der Waals surface area contributed by atoms with Gasteiger partial charge >= 0.3 is 0 Å². The Morgan fingerprint density at radius 2 is 1.77 bits per heavy atom. The van der Waals surface area contributed by atoms with E-state index in [0.29, 0.717) is 26.0 Å². The molecule has 4 nitrogen and oxygen atoms in total. The monoisotopic (exact) mass is 293 g/mol. The van der Waals surface area contributed by atoms with Gasteiger partial charge in [-0.15, -0.1) is 0 Å². The number of rotatable bonds is 7. The first-order valence-corrected chi connectivity index (χ1v) is 7.38. The van der Waals surface area contributed by atoms with Gasteiger partial charge in [0.15, 0.2) is 0 Å². The van der Waals surface area contributed by atoms with Gasteiger partial charge in [-0.05, 0) is 18.4 Å². The lowest BCUT2D eigenvalue weighted by Crippen LogP contribution is -2.36. The molecule has 2 aromatic carbocycles. The lowest BCUT2D eigenvalue weighted by atomic mass is 10.1. The maximum absolute atomic E-state index is 8.91. The van der Waals surface area contributed by atoms with Crippen LogP contribution in [0.3, 0.4) is 0 Å². The minimum atomic E-state index is -0.187. The summed E-state index contributed by atoms with van der Waals surface area (Å²) in [6, 6.07) is 18.6. The average Bonchev–Trinajstić information content (AvgIpc) is 2.55. The third kappa shape index (κ3) is 3.75. The molecule has 0 saturated carbocycles. The summed E-state index contributed by atoms with van der Waals surface area (Å²) in [5.41, 5.74) is 1.05. The molecule has 0 heterocycles. The van der Waals surface area contributed by atoms with E-state index in [9.17, 15) is 0 Å². The van der Waals surface area contributed by atoms with Crippen LogP contribution in [0, 0.1) is 22.7 Å². The first kappa shape index (κ1) is 15.8. The summed E-state index contributed by atoms with van der Waals surface area (Å²) in [5.74, 6) is 0. The lowest BCUT2D eigenvalue weighted by Gasteiger charge is -2.31. The van der Waals surface area contributed by atoms with Gasteiger partial charge in [-0.2, -0.15) is 10.5 Å². The number of nitrogens with zero attached hydrogens (tertiary/aromatic N) is 3. The zero-order valence-corrected chi connectivity index (χ0v) is 12.7. The van der Waals surface area contributed by atoms with E-state index in [2.05, 4.69) is 35.2 Å². The van der Waals surface area contributed by atoms with Gasteiger partial charge < -0.3 is 9.64 Å². The third-order valence-electron chi connectivity index (χ3n) is 3.55. The second-order valence-corrected chi connectivity index (χ2v) is 4.98. The zero-order chi connectivity index (χ0) is 15.8. The molecule has 0 radical (unpaired) electrons.